The van der Waals surface area contributed by atoms with Crippen molar-refractivity contribution in [2.45, 2.75) is 51.5 Å². The second-order valence-electron chi connectivity index (χ2n) is 5.92. The second-order valence-corrected chi connectivity index (χ2v) is 5.92. The topological polar surface area (TPSA) is 55.6 Å². The molecule has 1 N–H and O–H groups in total. The molecule has 1 saturated carbocycles. The molecule has 1 fully saturated rings. The highest BCUT2D eigenvalue weighted by Gasteiger charge is 2.21. The molecule has 5 heteroatoms. The van der Waals surface area contributed by atoms with Gasteiger partial charge in [-0.1, -0.05) is 31.9 Å². The molecule has 3 rings (SSSR count). The number of benzene rings is 1. The Kier molecular flexibility index (Phi) is 4.48. The van der Waals surface area contributed by atoms with Crippen LogP contribution in [-0.2, 0) is 0 Å². The summed E-state index contributed by atoms with van der Waals surface area (Å²) in [7, 11) is 0. The maximum absolute atomic E-state index is 3.99. The highest BCUT2D eigenvalue weighted by atomic mass is 15.5. The molecule has 0 unspecified atom stereocenters. The minimum atomic E-state index is 0.565. The largest absolute Gasteiger partial charge is 0.381 e. The molecular formula is C16H23N5. The SMILES string of the molecule is CCCC1CCC(Nc2ccccc2-n2cnnn2)CC1. The van der Waals surface area contributed by atoms with E-state index >= 15 is 0 Å². The molecule has 112 valence electrons. The molecule has 0 aliphatic heterocycles. The molecular weight excluding hydrogens is 262 g/mol. The predicted octanol–water partition coefficient (Wildman–Crippen LogP) is 3.43. The van der Waals surface area contributed by atoms with Gasteiger partial charge in [0.2, 0.25) is 0 Å². The number of nitrogens with zero attached hydrogens (tertiary/aromatic N) is 4. The van der Waals surface area contributed by atoms with Gasteiger partial charge in [-0.05, 0) is 54.2 Å². The van der Waals surface area contributed by atoms with E-state index in [2.05, 4.69) is 39.9 Å². The zero-order valence-electron chi connectivity index (χ0n) is 12.6. The summed E-state index contributed by atoms with van der Waals surface area (Å²) in [5, 5.41) is 15.1. The number of para-hydroxylation sites is 2. The number of nitrogens with one attached hydrogen (secondary N) is 1. The minimum absolute atomic E-state index is 0.565. The zero-order chi connectivity index (χ0) is 14.5. The summed E-state index contributed by atoms with van der Waals surface area (Å²) in [5.41, 5.74) is 2.13. The van der Waals surface area contributed by atoms with Gasteiger partial charge < -0.3 is 5.32 Å². The summed E-state index contributed by atoms with van der Waals surface area (Å²) in [5.74, 6) is 0.933. The number of hydrogen-bond donors (Lipinski definition) is 1. The van der Waals surface area contributed by atoms with Crippen molar-refractivity contribution >= 4 is 5.69 Å². The van der Waals surface area contributed by atoms with Gasteiger partial charge in [-0.3, -0.25) is 0 Å². The first-order valence-corrected chi connectivity index (χ1v) is 7.95. The van der Waals surface area contributed by atoms with Gasteiger partial charge in [0.25, 0.3) is 0 Å². The average molecular weight is 285 g/mol. The number of rotatable bonds is 5. The van der Waals surface area contributed by atoms with Crippen LogP contribution in [0.5, 0.6) is 0 Å². The molecule has 1 aromatic carbocycles. The molecule has 0 radical (unpaired) electrons. The second kappa shape index (κ2) is 6.70. The Balaban J connectivity index is 1.66. The zero-order valence-corrected chi connectivity index (χ0v) is 12.6. The lowest BCUT2D eigenvalue weighted by Gasteiger charge is -2.30. The fraction of sp³-hybridized carbons (Fsp3) is 0.562. The van der Waals surface area contributed by atoms with Crippen LogP contribution in [0.1, 0.15) is 45.4 Å². The van der Waals surface area contributed by atoms with Crippen molar-refractivity contribution in [2.75, 3.05) is 5.32 Å². The van der Waals surface area contributed by atoms with E-state index in [9.17, 15) is 0 Å². The molecule has 5 nitrogen and oxygen atoms in total. The van der Waals surface area contributed by atoms with Crippen LogP contribution in [-0.4, -0.2) is 26.2 Å². The molecule has 1 aromatic heterocycles. The maximum Gasteiger partial charge on any atom is 0.143 e. The Labute approximate surface area is 125 Å². The van der Waals surface area contributed by atoms with Gasteiger partial charge in [0.15, 0.2) is 0 Å². The summed E-state index contributed by atoms with van der Waals surface area (Å²) < 4.78 is 1.71. The minimum Gasteiger partial charge on any atom is -0.381 e. The Morgan fingerprint density at radius 2 is 2.00 bits per heavy atom. The average Bonchev–Trinajstić information content (AvgIpc) is 3.04. The molecule has 0 amide bonds. The number of hydrogen-bond acceptors (Lipinski definition) is 4. The van der Waals surface area contributed by atoms with Crippen molar-refractivity contribution in [3.63, 3.8) is 0 Å². The van der Waals surface area contributed by atoms with Crippen molar-refractivity contribution in [1.82, 2.24) is 20.2 Å². The normalized spacial score (nSPS) is 22.1. The summed E-state index contributed by atoms with van der Waals surface area (Å²) in [6, 6.07) is 8.78. The predicted molar refractivity (Wildman–Crippen MR) is 83.4 cm³/mol. The Morgan fingerprint density at radius 1 is 1.19 bits per heavy atom. The van der Waals surface area contributed by atoms with Gasteiger partial charge >= 0.3 is 0 Å². The smallest absolute Gasteiger partial charge is 0.143 e. The van der Waals surface area contributed by atoms with Crippen molar-refractivity contribution < 1.29 is 0 Å². The third-order valence-electron chi connectivity index (χ3n) is 4.40. The number of anilines is 1. The van der Waals surface area contributed by atoms with E-state index in [1.54, 1.807) is 11.0 Å². The van der Waals surface area contributed by atoms with Crippen molar-refractivity contribution in [1.29, 1.82) is 0 Å². The van der Waals surface area contributed by atoms with Crippen LogP contribution in [0, 0.1) is 5.92 Å². The first kappa shape index (κ1) is 14.0. The molecule has 1 aliphatic carbocycles. The molecule has 0 saturated heterocycles. The van der Waals surface area contributed by atoms with Crippen molar-refractivity contribution in [3.05, 3.63) is 30.6 Å². The highest BCUT2D eigenvalue weighted by molar-refractivity contribution is 5.60. The van der Waals surface area contributed by atoms with Gasteiger partial charge in [-0.25, -0.2) is 0 Å². The van der Waals surface area contributed by atoms with Crippen LogP contribution >= 0.6 is 0 Å². The first-order chi connectivity index (χ1) is 10.4. The molecule has 21 heavy (non-hydrogen) atoms. The molecule has 0 spiro atoms. The molecule has 1 heterocycles. The quantitative estimate of drug-likeness (QED) is 0.914. The lowest BCUT2D eigenvalue weighted by atomic mass is 9.83. The highest BCUT2D eigenvalue weighted by Crippen LogP contribution is 2.30. The third-order valence-corrected chi connectivity index (χ3v) is 4.40. The Bertz CT molecular complexity index is 544. The molecule has 1 aliphatic rings. The van der Waals surface area contributed by atoms with Gasteiger partial charge in [0.05, 0.1) is 11.4 Å². The molecule has 0 atom stereocenters. The Hall–Kier alpha value is -1.91. The van der Waals surface area contributed by atoms with E-state index in [0.29, 0.717) is 6.04 Å². The number of aromatic nitrogens is 4. The van der Waals surface area contributed by atoms with Crippen LogP contribution in [0.4, 0.5) is 5.69 Å². The fourth-order valence-corrected chi connectivity index (χ4v) is 3.29. The van der Waals surface area contributed by atoms with E-state index in [0.717, 1.165) is 17.3 Å². The first-order valence-electron chi connectivity index (χ1n) is 7.95. The monoisotopic (exact) mass is 285 g/mol. The van der Waals surface area contributed by atoms with E-state index in [4.69, 9.17) is 0 Å². The Morgan fingerprint density at radius 3 is 2.71 bits per heavy atom. The van der Waals surface area contributed by atoms with Crippen LogP contribution in [0.15, 0.2) is 30.6 Å². The summed E-state index contributed by atoms with van der Waals surface area (Å²) in [4.78, 5) is 0. The van der Waals surface area contributed by atoms with E-state index < -0.39 is 0 Å². The van der Waals surface area contributed by atoms with E-state index in [-0.39, 0.29) is 0 Å². The standard InChI is InChI=1S/C16H23N5/c1-2-5-13-8-10-14(11-9-13)18-15-6-3-4-7-16(15)21-12-17-19-20-21/h3-4,6-7,12-14,18H,2,5,8-11H2,1H3. The van der Waals surface area contributed by atoms with Crippen LogP contribution in [0.2, 0.25) is 0 Å². The van der Waals surface area contributed by atoms with Crippen molar-refractivity contribution in [2.24, 2.45) is 5.92 Å². The van der Waals surface area contributed by atoms with Crippen LogP contribution in [0.3, 0.4) is 0 Å². The van der Waals surface area contributed by atoms with E-state index in [1.165, 1.54) is 38.5 Å². The summed E-state index contributed by atoms with van der Waals surface area (Å²) in [6.07, 6.45) is 9.54. The van der Waals surface area contributed by atoms with E-state index in [1.807, 2.05) is 12.1 Å². The molecule has 2 aromatic rings. The molecule has 0 bridgehead atoms. The summed E-state index contributed by atoms with van der Waals surface area (Å²) in [6.45, 7) is 2.28. The van der Waals surface area contributed by atoms with Gasteiger partial charge in [0.1, 0.15) is 6.33 Å². The fourth-order valence-electron chi connectivity index (χ4n) is 3.29. The lowest BCUT2D eigenvalue weighted by Crippen LogP contribution is -2.26. The number of tetrazole rings is 1. The van der Waals surface area contributed by atoms with Crippen molar-refractivity contribution in [3.8, 4) is 5.69 Å². The van der Waals surface area contributed by atoms with Gasteiger partial charge in [0, 0.05) is 6.04 Å². The lowest BCUT2D eigenvalue weighted by molar-refractivity contribution is 0.319. The maximum atomic E-state index is 3.99. The van der Waals surface area contributed by atoms with Gasteiger partial charge in [-0.2, -0.15) is 4.68 Å². The third kappa shape index (κ3) is 3.40. The van der Waals surface area contributed by atoms with Gasteiger partial charge in [-0.15, -0.1) is 5.10 Å². The van der Waals surface area contributed by atoms with Crippen LogP contribution < -0.4 is 5.32 Å². The van der Waals surface area contributed by atoms with Crippen LogP contribution in [0.25, 0.3) is 5.69 Å². The summed E-state index contributed by atoms with van der Waals surface area (Å²) >= 11 is 0.